The summed E-state index contributed by atoms with van der Waals surface area (Å²) in [4.78, 5) is 13.7. The number of H-pyrrole nitrogens is 1. The number of hydrogen-bond acceptors (Lipinski definition) is 5. The Morgan fingerprint density at radius 2 is 1.96 bits per heavy atom. The summed E-state index contributed by atoms with van der Waals surface area (Å²) < 4.78 is 26.2. The fraction of sp³-hybridized carbons (Fsp3) is 0.300. The van der Waals surface area contributed by atoms with Crippen molar-refractivity contribution < 1.29 is 8.42 Å². The number of rotatable bonds is 6. The zero-order chi connectivity index (χ0) is 19.9. The molecule has 3 heterocycles. The Hall–Kier alpha value is -2.71. The summed E-state index contributed by atoms with van der Waals surface area (Å²) in [5.41, 5.74) is 3.17. The molecule has 1 aromatic carbocycles. The Balaban J connectivity index is 1.77. The molecular weight excluding hydrogens is 374 g/mol. The molecule has 0 saturated carbocycles. The average molecular weight is 398 g/mol. The summed E-state index contributed by atoms with van der Waals surface area (Å²) in [6, 6.07) is 10.1. The molecule has 146 valence electrons. The van der Waals surface area contributed by atoms with Crippen LogP contribution in [0, 0.1) is 0 Å². The summed E-state index contributed by atoms with van der Waals surface area (Å²) >= 11 is 0. The van der Waals surface area contributed by atoms with Gasteiger partial charge in [-0.25, -0.2) is 18.4 Å². The van der Waals surface area contributed by atoms with Crippen LogP contribution in [0.4, 0.5) is 0 Å². The summed E-state index contributed by atoms with van der Waals surface area (Å²) in [5, 5.41) is 1.74. The van der Waals surface area contributed by atoms with E-state index >= 15 is 0 Å². The molecule has 0 bridgehead atoms. The van der Waals surface area contributed by atoms with E-state index in [0.717, 1.165) is 47.6 Å². The molecule has 0 radical (unpaired) electrons. The molecule has 0 spiro atoms. The summed E-state index contributed by atoms with van der Waals surface area (Å²) in [6.07, 6.45) is 6.04. The molecule has 7 nitrogen and oxygen atoms in total. The number of aromatic nitrogens is 4. The lowest BCUT2D eigenvalue weighted by Gasteiger charge is -2.11. The van der Waals surface area contributed by atoms with Crippen molar-refractivity contribution in [3.8, 4) is 11.3 Å². The predicted octanol–water partition coefficient (Wildman–Crippen LogP) is 2.93. The van der Waals surface area contributed by atoms with Gasteiger partial charge in [-0.3, -0.25) is 0 Å². The normalized spacial score (nSPS) is 12.4. The van der Waals surface area contributed by atoms with Crippen LogP contribution in [-0.2, 0) is 16.4 Å². The van der Waals surface area contributed by atoms with Crippen LogP contribution < -0.4 is 0 Å². The Bertz CT molecular complexity index is 1250. The second-order valence-electron chi connectivity index (χ2n) is 7.31. The third-order valence-electron chi connectivity index (χ3n) is 4.78. The molecule has 0 aliphatic rings. The lowest BCUT2D eigenvalue weighted by atomic mass is 10.1. The van der Waals surface area contributed by atoms with Crippen LogP contribution in [0.3, 0.4) is 0 Å². The first-order chi connectivity index (χ1) is 13.3. The fourth-order valence-corrected chi connectivity index (χ4v) is 3.92. The molecule has 0 unspecified atom stereocenters. The minimum Gasteiger partial charge on any atom is -0.347 e. The molecule has 0 atom stereocenters. The van der Waals surface area contributed by atoms with Crippen molar-refractivity contribution in [2.75, 3.05) is 26.9 Å². The molecule has 3 aromatic heterocycles. The number of hydrogen-bond donors (Lipinski definition) is 1. The summed E-state index contributed by atoms with van der Waals surface area (Å²) in [5.74, 6) is 0. The number of fused-ring (bicyclic) bond motifs is 2. The van der Waals surface area contributed by atoms with E-state index in [-0.39, 0.29) is 5.16 Å². The van der Waals surface area contributed by atoms with Crippen molar-refractivity contribution in [2.45, 2.75) is 18.1 Å². The van der Waals surface area contributed by atoms with Gasteiger partial charge in [-0.2, -0.15) is 0 Å². The van der Waals surface area contributed by atoms with Gasteiger partial charge in [0.05, 0.1) is 5.69 Å². The van der Waals surface area contributed by atoms with Crippen LogP contribution in [0.5, 0.6) is 0 Å². The molecule has 8 heteroatoms. The van der Waals surface area contributed by atoms with E-state index < -0.39 is 9.84 Å². The lowest BCUT2D eigenvalue weighted by molar-refractivity contribution is 0.388. The maximum Gasteiger partial charge on any atom is 0.249 e. The lowest BCUT2D eigenvalue weighted by Crippen LogP contribution is -2.14. The molecule has 0 aliphatic heterocycles. The van der Waals surface area contributed by atoms with Gasteiger partial charge in [0.15, 0.2) is 0 Å². The van der Waals surface area contributed by atoms with Gasteiger partial charge in [0.2, 0.25) is 15.0 Å². The SMILES string of the molecule is CN(C)CCCn1ccc2cc(-c3nc(S(C)(=O)=O)nc4[nH]ccc34)ccc21. The van der Waals surface area contributed by atoms with Crippen LogP contribution in [0.25, 0.3) is 33.2 Å². The highest BCUT2D eigenvalue weighted by molar-refractivity contribution is 7.90. The van der Waals surface area contributed by atoms with E-state index in [1.54, 1.807) is 6.20 Å². The zero-order valence-electron chi connectivity index (χ0n) is 16.2. The minimum absolute atomic E-state index is 0.168. The van der Waals surface area contributed by atoms with Crippen LogP contribution in [-0.4, -0.2) is 59.7 Å². The molecular formula is C20H23N5O2S. The van der Waals surface area contributed by atoms with E-state index in [9.17, 15) is 8.42 Å². The molecule has 0 saturated heterocycles. The molecule has 0 fully saturated rings. The van der Waals surface area contributed by atoms with E-state index in [1.165, 1.54) is 0 Å². The quantitative estimate of drug-likeness (QED) is 0.506. The topological polar surface area (TPSA) is 83.9 Å². The van der Waals surface area contributed by atoms with E-state index in [1.807, 2.05) is 12.1 Å². The standard InChI is InChI=1S/C20H23N5O2S/c1-24(2)10-4-11-25-12-8-14-13-15(5-6-17(14)25)18-16-7-9-21-19(16)23-20(22-18)28(3,26)27/h5-9,12-13H,4,10-11H2,1-3H3,(H,21,22,23). The smallest absolute Gasteiger partial charge is 0.249 e. The summed E-state index contributed by atoms with van der Waals surface area (Å²) in [7, 11) is 0.647. The average Bonchev–Trinajstić information content (AvgIpc) is 3.26. The van der Waals surface area contributed by atoms with Crippen LogP contribution >= 0.6 is 0 Å². The predicted molar refractivity (Wildman–Crippen MR) is 111 cm³/mol. The van der Waals surface area contributed by atoms with E-state index in [0.29, 0.717) is 11.3 Å². The highest BCUT2D eigenvalue weighted by Crippen LogP contribution is 2.29. The first kappa shape index (κ1) is 18.6. The first-order valence-electron chi connectivity index (χ1n) is 9.12. The zero-order valence-corrected chi connectivity index (χ0v) is 17.0. The van der Waals surface area contributed by atoms with Crippen molar-refractivity contribution in [2.24, 2.45) is 0 Å². The molecule has 0 amide bonds. The largest absolute Gasteiger partial charge is 0.347 e. The van der Waals surface area contributed by atoms with Crippen molar-refractivity contribution in [1.29, 1.82) is 0 Å². The second kappa shape index (κ2) is 7.03. The fourth-order valence-electron chi connectivity index (χ4n) is 3.41. The van der Waals surface area contributed by atoms with Gasteiger partial charge < -0.3 is 14.5 Å². The third-order valence-corrected chi connectivity index (χ3v) is 5.62. The number of aromatic amines is 1. The Morgan fingerprint density at radius 3 is 2.71 bits per heavy atom. The van der Waals surface area contributed by atoms with Crippen LogP contribution in [0.2, 0.25) is 0 Å². The number of nitrogens with one attached hydrogen (secondary N) is 1. The highest BCUT2D eigenvalue weighted by atomic mass is 32.2. The monoisotopic (exact) mass is 397 g/mol. The Kier molecular flexibility index (Phi) is 4.68. The van der Waals surface area contributed by atoms with Gasteiger partial charge in [0.1, 0.15) is 5.65 Å². The van der Waals surface area contributed by atoms with E-state index in [2.05, 4.69) is 62.9 Å². The molecule has 4 rings (SSSR count). The minimum atomic E-state index is -3.51. The maximum atomic E-state index is 12.0. The highest BCUT2D eigenvalue weighted by Gasteiger charge is 2.17. The molecule has 1 N–H and O–H groups in total. The molecule has 28 heavy (non-hydrogen) atoms. The number of aryl methyl sites for hydroxylation is 1. The van der Waals surface area contributed by atoms with Crippen LogP contribution in [0.1, 0.15) is 6.42 Å². The Morgan fingerprint density at radius 1 is 1.14 bits per heavy atom. The van der Waals surface area contributed by atoms with Crippen molar-refractivity contribution in [3.05, 3.63) is 42.7 Å². The summed E-state index contributed by atoms with van der Waals surface area (Å²) in [6.45, 7) is 1.99. The van der Waals surface area contributed by atoms with Crippen LogP contribution in [0.15, 0.2) is 47.9 Å². The van der Waals surface area contributed by atoms with Gasteiger partial charge in [-0.05, 0) is 51.3 Å². The first-order valence-corrected chi connectivity index (χ1v) is 11.0. The van der Waals surface area contributed by atoms with Gasteiger partial charge in [-0.1, -0.05) is 6.07 Å². The number of benzene rings is 1. The second-order valence-corrected chi connectivity index (χ2v) is 9.22. The van der Waals surface area contributed by atoms with Gasteiger partial charge in [0.25, 0.3) is 0 Å². The van der Waals surface area contributed by atoms with Gasteiger partial charge in [0, 0.05) is 47.0 Å². The van der Waals surface area contributed by atoms with Crippen molar-refractivity contribution in [3.63, 3.8) is 0 Å². The van der Waals surface area contributed by atoms with Gasteiger partial charge >= 0.3 is 0 Å². The van der Waals surface area contributed by atoms with E-state index in [4.69, 9.17) is 0 Å². The maximum absolute atomic E-state index is 12.0. The van der Waals surface area contributed by atoms with Gasteiger partial charge in [-0.15, -0.1) is 0 Å². The van der Waals surface area contributed by atoms with Crippen molar-refractivity contribution >= 4 is 31.8 Å². The number of sulfone groups is 1. The molecule has 0 aliphatic carbocycles. The Labute approximate surface area is 163 Å². The number of nitrogens with zero attached hydrogens (tertiary/aromatic N) is 4. The van der Waals surface area contributed by atoms with Crippen molar-refractivity contribution in [1.82, 2.24) is 24.4 Å². The third kappa shape index (κ3) is 3.53. The molecule has 4 aromatic rings.